The van der Waals surface area contributed by atoms with Crippen LogP contribution in [0.2, 0.25) is 0 Å². The van der Waals surface area contributed by atoms with Gasteiger partial charge < -0.3 is 19.0 Å². The number of aliphatic hydroxyl groups excluding tert-OH is 1. The van der Waals surface area contributed by atoms with Gasteiger partial charge in [-0.05, 0) is 61.4 Å². The SMILES string of the molecule is CCOc1ccc(N2C(=O)C(O)=C(C(=O)c3cc4cccc(OC)c4o3)C2c2ccccc2C)cc1. The number of nitrogens with zero attached hydrogens (tertiary/aromatic N) is 1. The van der Waals surface area contributed by atoms with E-state index >= 15 is 0 Å². The molecule has 1 amide bonds. The minimum Gasteiger partial charge on any atom is -0.503 e. The van der Waals surface area contributed by atoms with E-state index < -0.39 is 23.5 Å². The smallest absolute Gasteiger partial charge is 0.294 e. The molecule has 2 heterocycles. The van der Waals surface area contributed by atoms with Crippen molar-refractivity contribution >= 4 is 28.3 Å². The molecule has 0 fully saturated rings. The van der Waals surface area contributed by atoms with Crippen molar-refractivity contribution in [3.8, 4) is 11.5 Å². The Labute approximate surface area is 208 Å². The van der Waals surface area contributed by atoms with E-state index in [1.54, 1.807) is 48.5 Å². The predicted molar refractivity (Wildman–Crippen MR) is 136 cm³/mol. The monoisotopic (exact) mass is 483 g/mol. The van der Waals surface area contributed by atoms with Gasteiger partial charge in [-0.25, -0.2) is 0 Å². The van der Waals surface area contributed by atoms with Crippen molar-refractivity contribution in [3.05, 3.63) is 101 Å². The molecule has 0 aliphatic carbocycles. The molecule has 0 bridgehead atoms. The van der Waals surface area contributed by atoms with Gasteiger partial charge in [0.25, 0.3) is 5.91 Å². The topological polar surface area (TPSA) is 89.2 Å². The molecule has 1 aromatic heterocycles. The number of aryl methyl sites for hydroxylation is 1. The van der Waals surface area contributed by atoms with Gasteiger partial charge in [-0.1, -0.05) is 36.4 Å². The highest BCUT2D eigenvalue weighted by Gasteiger charge is 2.45. The molecule has 5 rings (SSSR count). The fraction of sp³-hybridized carbons (Fsp3) is 0.172. The Balaban J connectivity index is 1.64. The minimum absolute atomic E-state index is 0.0102. The first-order valence-corrected chi connectivity index (χ1v) is 11.6. The van der Waals surface area contributed by atoms with Crippen LogP contribution in [0, 0.1) is 6.92 Å². The van der Waals surface area contributed by atoms with Gasteiger partial charge in [0, 0.05) is 11.1 Å². The maximum Gasteiger partial charge on any atom is 0.294 e. The second-order valence-corrected chi connectivity index (χ2v) is 8.44. The number of Topliss-reactive ketones (excluding diaryl/α,β-unsaturated/α-hetero) is 1. The maximum absolute atomic E-state index is 13.8. The Morgan fingerprint density at radius 3 is 2.50 bits per heavy atom. The average Bonchev–Trinajstić information content (AvgIpc) is 3.44. The lowest BCUT2D eigenvalue weighted by Gasteiger charge is -2.28. The van der Waals surface area contributed by atoms with Crippen LogP contribution in [0.25, 0.3) is 11.0 Å². The number of hydrogen-bond acceptors (Lipinski definition) is 6. The second kappa shape index (κ2) is 9.26. The van der Waals surface area contributed by atoms with Gasteiger partial charge in [0.2, 0.25) is 5.78 Å². The minimum atomic E-state index is -0.848. The second-order valence-electron chi connectivity index (χ2n) is 8.44. The maximum atomic E-state index is 13.8. The molecule has 1 N–H and O–H groups in total. The fourth-order valence-corrected chi connectivity index (χ4v) is 4.60. The van der Waals surface area contributed by atoms with Gasteiger partial charge in [0.15, 0.2) is 22.9 Å². The molecule has 1 aliphatic rings. The van der Waals surface area contributed by atoms with E-state index in [2.05, 4.69) is 0 Å². The normalized spacial score (nSPS) is 15.6. The molecule has 182 valence electrons. The lowest BCUT2D eigenvalue weighted by atomic mass is 9.92. The molecular formula is C29H25NO6. The molecule has 0 spiro atoms. The van der Waals surface area contributed by atoms with E-state index in [4.69, 9.17) is 13.9 Å². The van der Waals surface area contributed by atoms with Crippen molar-refractivity contribution in [2.45, 2.75) is 19.9 Å². The highest BCUT2D eigenvalue weighted by Crippen LogP contribution is 2.43. The first-order valence-electron chi connectivity index (χ1n) is 11.6. The van der Waals surface area contributed by atoms with Gasteiger partial charge in [-0.2, -0.15) is 0 Å². The summed E-state index contributed by atoms with van der Waals surface area (Å²) in [6.07, 6.45) is 0. The molecule has 0 saturated heterocycles. The Kier molecular flexibility index (Phi) is 5.98. The number of rotatable bonds is 7. The summed E-state index contributed by atoms with van der Waals surface area (Å²) >= 11 is 0. The molecule has 36 heavy (non-hydrogen) atoms. The van der Waals surface area contributed by atoms with Crippen molar-refractivity contribution in [1.29, 1.82) is 0 Å². The third-order valence-electron chi connectivity index (χ3n) is 6.31. The summed E-state index contributed by atoms with van der Waals surface area (Å²) in [5.74, 6) is -0.681. The van der Waals surface area contributed by atoms with E-state index in [1.807, 2.05) is 38.1 Å². The molecule has 1 unspecified atom stereocenters. The largest absolute Gasteiger partial charge is 0.503 e. The van der Waals surface area contributed by atoms with Crippen molar-refractivity contribution < 1.29 is 28.6 Å². The Morgan fingerprint density at radius 1 is 1.06 bits per heavy atom. The Bertz CT molecular complexity index is 1500. The standard InChI is InChI=1S/C29H25NO6/c1-4-35-20-14-12-19(13-15-20)30-25(21-10-6-5-8-17(21)2)24(27(32)29(30)33)26(31)23-16-18-9-7-11-22(34-3)28(18)36-23/h5-16,25,32H,4H2,1-3H3. The number of carbonyl (C=O) groups excluding carboxylic acids is 2. The molecule has 7 heteroatoms. The lowest BCUT2D eigenvalue weighted by molar-refractivity contribution is -0.117. The van der Waals surface area contributed by atoms with E-state index in [1.165, 1.54) is 12.0 Å². The summed E-state index contributed by atoms with van der Waals surface area (Å²) in [5.41, 5.74) is 2.50. The lowest BCUT2D eigenvalue weighted by Crippen LogP contribution is -2.31. The summed E-state index contributed by atoms with van der Waals surface area (Å²) < 4.78 is 16.8. The summed E-state index contributed by atoms with van der Waals surface area (Å²) in [5, 5.41) is 11.7. The van der Waals surface area contributed by atoms with Crippen LogP contribution in [-0.4, -0.2) is 30.5 Å². The number of furan rings is 1. The van der Waals surface area contributed by atoms with Crippen molar-refractivity contribution in [3.63, 3.8) is 0 Å². The van der Waals surface area contributed by atoms with Gasteiger partial charge >= 0.3 is 0 Å². The van der Waals surface area contributed by atoms with Crippen LogP contribution in [0.3, 0.4) is 0 Å². The Hall–Kier alpha value is -4.52. The number of carbonyl (C=O) groups is 2. The highest BCUT2D eigenvalue weighted by molar-refractivity contribution is 6.20. The van der Waals surface area contributed by atoms with Crippen LogP contribution < -0.4 is 14.4 Å². The molecule has 3 aromatic carbocycles. The van der Waals surface area contributed by atoms with E-state index in [9.17, 15) is 14.7 Å². The molecule has 0 radical (unpaired) electrons. The zero-order valence-electron chi connectivity index (χ0n) is 20.1. The number of para-hydroxylation sites is 1. The average molecular weight is 484 g/mol. The summed E-state index contributed by atoms with van der Waals surface area (Å²) in [6, 6.07) is 20.5. The number of ether oxygens (including phenoxy) is 2. The van der Waals surface area contributed by atoms with Crippen LogP contribution in [-0.2, 0) is 4.79 Å². The molecule has 4 aromatic rings. The van der Waals surface area contributed by atoms with Crippen LogP contribution in [0.4, 0.5) is 5.69 Å². The molecule has 7 nitrogen and oxygen atoms in total. The third-order valence-corrected chi connectivity index (χ3v) is 6.31. The van der Waals surface area contributed by atoms with Gasteiger partial charge in [0.05, 0.1) is 25.3 Å². The highest BCUT2D eigenvalue weighted by atomic mass is 16.5. The third kappa shape index (κ3) is 3.79. The van der Waals surface area contributed by atoms with Crippen molar-refractivity contribution in [2.24, 2.45) is 0 Å². The molecule has 0 saturated carbocycles. The van der Waals surface area contributed by atoms with E-state index in [-0.39, 0.29) is 11.3 Å². The zero-order valence-corrected chi connectivity index (χ0v) is 20.1. The number of benzene rings is 3. The molecule has 1 atom stereocenters. The van der Waals surface area contributed by atoms with Gasteiger partial charge in [-0.15, -0.1) is 0 Å². The first-order chi connectivity index (χ1) is 17.4. The fourth-order valence-electron chi connectivity index (χ4n) is 4.60. The zero-order chi connectivity index (χ0) is 25.4. The molecular weight excluding hydrogens is 458 g/mol. The number of ketones is 1. The van der Waals surface area contributed by atoms with E-state index in [0.717, 1.165) is 11.1 Å². The van der Waals surface area contributed by atoms with Crippen LogP contribution >= 0.6 is 0 Å². The van der Waals surface area contributed by atoms with Gasteiger partial charge in [-0.3, -0.25) is 14.5 Å². The van der Waals surface area contributed by atoms with Crippen LogP contribution in [0.1, 0.15) is 34.6 Å². The summed E-state index contributed by atoms with van der Waals surface area (Å²) in [7, 11) is 1.52. The number of amides is 1. The van der Waals surface area contributed by atoms with Crippen LogP contribution in [0.5, 0.6) is 11.5 Å². The Morgan fingerprint density at radius 2 is 1.81 bits per heavy atom. The van der Waals surface area contributed by atoms with Crippen molar-refractivity contribution in [1.82, 2.24) is 0 Å². The number of methoxy groups -OCH3 is 1. The first kappa shape index (κ1) is 23.2. The van der Waals surface area contributed by atoms with Crippen molar-refractivity contribution in [2.75, 3.05) is 18.6 Å². The number of hydrogen-bond donors (Lipinski definition) is 1. The summed E-state index contributed by atoms with van der Waals surface area (Å²) in [6.45, 7) is 4.30. The summed E-state index contributed by atoms with van der Waals surface area (Å²) in [4.78, 5) is 28.7. The van der Waals surface area contributed by atoms with Gasteiger partial charge in [0.1, 0.15) is 5.75 Å². The molecule has 1 aliphatic heterocycles. The quantitative estimate of drug-likeness (QED) is 0.328. The number of fused-ring (bicyclic) bond motifs is 1. The predicted octanol–water partition coefficient (Wildman–Crippen LogP) is 5.93. The van der Waals surface area contributed by atoms with E-state index in [0.29, 0.717) is 34.8 Å². The van der Waals surface area contributed by atoms with Crippen LogP contribution in [0.15, 0.2) is 88.5 Å². The number of aliphatic hydroxyl groups is 1. The number of anilines is 1.